The number of anilines is 2. The summed E-state index contributed by atoms with van der Waals surface area (Å²) >= 11 is 0. The molecule has 3 amide bonds. The van der Waals surface area contributed by atoms with E-state index in [0.717, 1.165) is 65.4 Å². The van der Waals surface area contributed by atoms with Crippen molar-refractivity contribution in [3.63, 3.8) is 0 Å². The number of piperidine rings is 1. The Balaban J connectivity index is 1.24. The van der Waals surface area contributed by atoms with Crippen LogP contribution in [-0.2, 0) is 49.6 Å². The highest BCUT2D eigenvalue weighted by atomic mass is 16.5. The maximum Gasteiger partial charge on any atom is 0.264 e. The van der Waals surface area contributed by atoms with E-state index in [1.54, 1.807) is 20.4 Å². The average molecular weight is 792 g/mol. The first-order chi connectivity index (χ1) is 28.6. The molecule has 0 N–H and O–H groups in total. The molecule has 1 fully saturated rings. The maximum atomic E-state index is 15.5. The Morgan fingerprint density at radius 3 is 2.24 bits per heavy atom. The fraction of sp³-hybridized carbons (Fsp3) is 0.375. The van der Waals surface area contributed by atoms with Crippen LogP contribution in [0.25, 0.3) is 11.3 Å². The van der Waals surface area contributed by atoms with E-state index in [9.17, 15) is 10.1 Å². The van der Waals surface area contributed by atoms with E-state index < -0.39 is 0 Å². The molecule has 0 spiro atoms. The number of ether oxygens (including phenoxy) is 1. The standard InChI is InChI=1S/C48H53N7O4/c1-32-41(48(58)55(38-16-8-6-9-17-38)44-25-39(27-49)50(3)33(44)2)26-45(51(32)4)42-23-35-18-21-53(46(56)31-59-5)28-37(35)24-43(42)47(57)54-29-36-15-11-10-14-34(36)22-40(54)30-52-19-12-7-13-20-52/h6,8-11,14-17,23-26,40H,7,12-13,18-22,28-31H2,1-5H3/t40-/m0/s1. The van der Waals surface area contributed by atoms with Crippen LogP contribution in [0.5, 0.6) is 0 Å². The lowest BCUT2D eigenvalue weighted by Gasteiger charge is -2.41. The topological polar surface area (TPSA) is 107 Å². The van der Waals surface area contributed by atoms with Gasteiger partial charge in [-0.3, -0.25) is 19.3 Å². The van der Waals surface area contributed by atoms with Gasteiger partial charge in [-0.2, -0.15) is 5.26 Å². The molecule has 0 saturated carbocycles. The largest absolute Gasteiger partial charge is 0.375 e. The van der Waals surface area contributed by atoms with Gasteiger partial charge in [0.05, 0.1) is 11.3 Å². The van der Waals surface area contributed by atoms with Gasteiger partial charge in [-0.15, -0.1) is 0 Å². The molecule has 5 heterocycles. The molecule has 59 heavy (non-hydrogen) atoms. The van der Waals surface area contributed by atoms with Crippen molar-refractivity contribution in [1.82, 2.24) is 23.8 Å². The van der Waals surface area contributed by atoms with Crippen molar-refractivity contribution in [1.29, 1.82) is 5.26 Å². The number of carbonyl (C=O) groups is 3. The highest BCUT2D eigenvalue weighted by molar-refractivity contribution is 6.13. The fourth-order valence-corrected chi connectivity index (χ4v) is 9.26. The molecule has 11 heteroatoms. The van der Waals surface area contributed by atoms with E-state index in [1.807, 2.05) is 81.0 Å². The molecule has 5 aromatic rings. The number of fused-ring (bicyclic) bond motifs is 2. The van der Waals surface area contributed by atoms with E-state index in [4.69, 9.17) is 4.74 Å². The van der Waals surface area contributed by atoms with Gasteiger partial charge in [0, 0.05) is 87.3 Å². The summed E-state index contributed by atoms with van der Waals surface area (Å²) in [5.74, 6) is -0.369. The van der Waals surface area contributed by atoms with Crippen LogP contribution in [0.15, 0.2) is 78.9 Å². The Bertz CT molecular complexity index is 2450. The Hall–Kier alpha value is -5.96. The van der Waals surface area contributed by atoms with Gasteiger partial charge in [0.15, 0.2) is 0 Å². The number of benzene rings is 3. The molecule has 0 aliphatic carbocycles. The van der Waals surface area contributed by atoms with Crippen molar-refractivity contribution in [2.45, 2.75) is 65.1 Å². The highest BCUT2D eigenvalue weighted by Gasteiger charge is 2.35. The Kier molecular flexibility index (Phi) is 11.3. The summed E-state index contributed by atoms with van der Waals surface area (Å²) in [6, 6.07) is 28.0. The number of rotatable bonds is 9. The number of nitriles is 1. The van der Waals surface area contributed by atoms with Gasteiger partial charge in [0.2, 0.25) is 5.91 Å². The lowest BCUT2D eigenvalue weighted by Crippen LogP contribution is -2.51. The van der Waals surface area contributed by atoms with Crippen LogP contribution in [-0.4, -0.2) is 87.5 Å². The first-order valence-electron chi connectivity index (χ1n) is 20.7. The molecule has 1 saturated heterocycles. The molecular weight excluding hydrogens is 739 g/mol. The molecule has 11 nitrogen and oxygen atoms in total. The number of amides is 3. The second-order valence-corrected chi connectivity index (χ2v) is 16.3. The first kappa shape index (κ1) is 39.8. The molecule has 3 aromatic carbocycles. The van der Waals surface area contributed by atoms with Crippen molar-refractivity contribution >= 4 is 29.1 Å². The third-order valence-electron chi connectivity index (χ3n) is 12.9. The molecule has 304 valence electrons. The van der Waals surface area contributed by atoms with Gasteiger partial charge in [0.1, 0.15) is 18.4 Å². The van der Waals surface area contributed by atoms with Gasteiger partial charge in [0.25, 0.3) is 11.8 Å². The molecule has 3 aliphatic rings. The highest BCUT2D eigenvalue weighted by Crippen LogP contribution is 2.38. The van der Waals surface area contributed by atoms with Crippen LogP contribution in [0.3, 0.4) is 0 Å². The van der Waals surface area contributed by atoms with Crippen LogP contribution >= 0.6 is 0 Å². The van der Waals surface area contributed by atoms with E-state index in [0.29, 0.717) is 54.3 Å². The van der Waals surface area contributed by atoms with Crippen LogP contribution in [0.4, 0.5) is 11.4 Å². The number of aromatic nitrogens is 2. The number of methoxy groups -OCH3 is 1. The smallest absolute Gasteiger partial charge is 0.264 e. The number of para-hydroxylation sites is 1. The van der Waals surface area contributed by atoms with Gasteiger partial charge in [-0.1, -0.05) is 48.9 Å². The minimum atomic E-state index is -0.235. The summed E-state index contributed by atoms with van der Waals surface area (Å²) < 4.78 is 9.01. The van der Waals surface area contributed by atoms with Crippen LogP contribution in [0, 0.1) is 25.2 Å². The molecule has 0 unspecified atom stereocenters. The third-order valence-corrected chi connectivity index (χ3v) is 12.9. The lowest BCUT2D eigenvalue weighted by atomic mass is 9.89. The minimum absolute atomic E-state index is 0.00430. The second-order valence-electron chi connectivity index (χ2n) is 16.3. The summed E-state index contributed by atoms with van der Waals surface area (Å²) in [5, 5.41) is 9.90. The van der Waals surface area contributed by atoms with E-state index in [-0.39, 0.29) is 30.4 Å². The zero-order chi connectivity index (χ0) is 41.4. The van der Waals surface area contributed by atoms with E-state index in [2.05, 4.69) is 40.1 Å². The molecule has 3 aliphatic heterocycles. The van der Waals surface area contributed by atoms with E-state index >= 15 is 9.59 Å². The SMILES string of the molecule is COCC(=O)N1CCc2cc(-c3cc(C(=O)N(c4ccccc4)c4cc(C#N)n(C)c4C)c(C)n3C)c(C(=O)N3Cc4ccccc4C[C@H]3CN3CCCCC3)cc2C1. The lowest BCUT2D eigenvalue weighted by molar-refractivity contribution is -0.136. The summed E-state index contributed by atoms with van der Waals surface area (Å²) in [7, 11) is 5.31. The number of hydrogen-bond acceptors (Lipinski definition) is 6. The average Bonchev–Trinajstić information content (AvgIpc) is 3.72. The van der Waals surface area contributed by atoms with Crippen molar-refractivity contribution < 1.29 is 19.1 Å². The Labute approximate surface area is 347 Å². The van der Waals surface area contributed by atoms with Crippen molar-refractivity contribution in [2.75, 3.05) is 44.8 Å². The summed E-state index contributed by atoms with van der Waals surface area (Å²) in [5.41, 5.74) is 10.4. The predicted octanol–water partition coefficient (Wildman–Crippen LogP) is 7.08. The van der Waals surface area contributed by atoms with Gasteiger partial charge in [-0.25, -0.2) is 0 Å². The predicted molar refractivity (Wildman–Crippen MR) is 228 cm³/mol. The Morgan fingerprint density at radius 1 is 0.797 bits per heavy atom. The normalized spacial score (nSPS) is 16.6. The van der Waals surface area contributed by atoms with Crippen molar-refractivity contribution in [3.8, 4) is 17.3 Å². The second kappa shape index (κ2) is 16.7. The fourth-order valence-electron chi connectivity index (χ4n) is 9.26. The maximum absolute atomic E-state index is 15.5. The number of nitrogens with zero attached hydrogens (tertiary/aromatic N) is 7. The van der Waals surface area contributed by atoms with E-state index in [1.165, 1.54) is 31.9 Å². The van der Waals surface area contributed by atoms with Crippen molar-refractivity contribution in [3.05, 3.63) is 129 Å². The summed E-state index contributed by atoms with van der Waals surface area (Å²) in [4.78, 5) is 51.6. The van der Waals surface area contributed by atoms with Crippen molar-refractivity contribution in [2.24, 2.45) is 14.1 Å². The van der Waals surface area contributed by atoms with Crippen LogP contribution in [0.1, 0.15) is 79.3 Å². The minimum Gasteiger partial charge on any atom is -0.375 e. The molecule has 0 bridgehead atoms. The summed E-state index contributed by atoms with van der Waals surface area (Å²) in [6.45, 7) is 8.18. The van der Waals surface area contributed by atoms with Gasteiger partial charge in [-0.05, 0) is 111 Å². The zero-order valence-electron chi connectivity index (χ0n) is 34.8. The monoisotopic (exact) mass is 791 g/mol. The quantitative estimate of drug-likeness (QED) is 0.158. The zero-order valence-corrected chi connectivity index (χ0v) is 34.8. The molecule has 2 aromatic heterocycles. The molecule has 8 rings (SSSR count). The molecule has 1 atom stereocenters. The van der Waals surface area contributed by atoms with Crippen LogP contribution in [0.2, 0.25) is 0 Å². The first-order valence-corrected chi connectivity index (χ1v) is 20.7. The Morgan fingerprint density at radius 2 is 1.53 bits per heavy atom. The molecule has 0 radical (unpaired) electrons. The number of likely N-dealkylation sites (tertiary alicyclic amines) is 1. The van der Waals surface area contributed by atoms with Crippen LogP contribution < -0.4 is 4.90 Å². The number of carbonyl (C=O) groups excluding carboxylic acids is 3. The third kappa shape index (κ3) is 7.59. The molecular formula is C48H53N7O4. The number of hydrogen-bond donors (Lipinski definition) is 0. The van der Waals surface area contributed by atoms with Gasteiger partial charge < -0.3 is 28.6 Å². The van der Waals surface area contributed by atoms with Gasteiger partial charge >= 0.3 is 0 Å². The summed E-state index contributed by atoms with van der Waals surface area (Å²) in [6.07, 6.45) is 4.99.